The van der Waals surface area contributed by atoms with Crippen LogP contribution in [-0.2, 0) is 16.3 Å². The Morgan fingerprint density at radius 2 is 1.70 bits per heavy atom. The second-order valence-corrected chi connectivity index (χ2v) is 11.7. The van der Waals surface area contributed by atoms with Crippen molar-refractivity contribution < 1.29 is 13.3 Å². The summed E-state index contributed by atoms with van der Waals surface area (Å²) in [6.07, 6.45) is 1.80. The van der Waals surface area contributed by atoms with E-state index < -0.39 is 20.0 Å². The smallest absolute Gasteiger partial charge is 0.269 e. The van der Waals surface area contributed by atoms with Gasteiger partial charge in [0.15, 0.2) is 15.0 Å². The van der Waals surface area contributed by atoms with Crippen molar-refractivity contribution >= 4 is 32.0 Å². The molecule has 1 saturated heterocycles. The highest BCUT2D eigenvalue weighted by Gasteiger charge is 2.32. The molecule has 3 aromatic rings. The Balaban J connectivity index is 1.41. The molecular weight excluding hydrogens is 458 g/mol. The number of piperidine rings is 1. The molecule has 0 unspecified atom stereocenters. The number of nitro groups is 1. The standard InChI is InChI=1S/C24H27N3O4S2/c1-16-12-17(2)23(18(3)13-16)14-19-15-32-24(25-19)26-10-8-22(9-11-26)33(30,31)21-6-4-20(5-7-21)27(28)29/h4-7,12-13,15,22H,8-11,14H2,1-3H3. The number of hydrogen-bond donors (Lipinski definition) is 0. The van der Waals surface area contributed by atoms with Crippen LogP contribution in [0.4, 0.5) is 10.8 Å². The number of aryl methyl sites for hydroxylation is 3. The zero-order valence-corrected chi connectivity index (χ0v) is 20.6. The van der Waals surface area contributed by atoms with Gasteiger partial charge < -0.3 is 4.90 Å². The van der Waals surface area contributed by atoms with Gasteiger partial charge in [-0.3, -0.25) is 10.1 Å². The molecule has 174 valence electrons. The SMILES string of the molecule is Cc1cc(C)c(Cc2csc(N3CCC(S(=O)(=O)c4ccc([N+](=O)[O-])cc4)CC3)n2)c(C)c1. The third-order valence-electron chi connectivity index (χ3n) is 6.27. The molecule has 7 nitrogen and oxygen atoms in total. The number of benzene rings is 2. The van der Waals surface area contributed by atoms with Crippen molar-refractivity contribution in [2.45, 2.75) is 50.2 Å². The van der Waals surface area contributed by atoms with Crippen molar-refractivity contribution in [1.82, 2.24) is 4.98 Å². The summed E-state index contributed by atoms with van der Waals surface area (Å²) >= 11 is 1.60. The van der Waals surface area contributed by atoms with Gasteiger partial charge in [-0.25, -0.2) is 13.4 Å². The number of nitro benzene ring substituents is 1. The molecule has 1 fully saturated rings. The van der Waals surface area contributed by atoms with Gasteiger partial charge in [-0.15, -0.1) is 11.3 Å². The summed E-state index contributed by atoms with van der Waals surface area (Å²) in [6, 6.07) is 9.56. The molecule has 0 aliphatic carbocycles. The van der Waals surface area contributed by atoms with Gasteiger partial charge in [0.1, 0.15) is 0 Å². The van der Waals surface area contributed by atoms with Crippen molar-refractivity contribution in [2.75, 3.05) is 18.0 Å². The van der Waals surface area contributed by atoms with Crippen LogP contribution in [-0.4, -0.2) is 36.7 Å². The lowest BCUT2D eigenvalue weighted by Crippen LogP contribution is -2.39. The number of aromatic nitrogens is 1. The summed E-state index contributed by atoms with van der Waals surface area (Å²) in [5.41, 5.74) is 6.05. The maximum Gasteiger partial charge on any atom is 0.269 e. The first-order valence-corrected chi connectivity index (χ1v) is 13.3. The molecule has 1 aliphatic rings. The van der Waals surface area contributed by atoms with E-state index in [2.05, 4.69) is 43.2 Å². The van der Waals surface area contributed by atoms with E-state index in [9.17, 15) is 18.5 Å². The van der Waals surface area contributed by atoms with Crippen molar-refractivity contribution in [3.63, 3.8) is 0 Å². The minimum atomic E-state index is -3.52. The Hall–Kier alpha value is -2.78. The molecular formula is C24H27N3O4S2. The Labute approximate surface area is 198 Å². The summed E-state index contributed by atoms with van der Waals surface area (Å²) in [5.74, 6) is 0. The van der Waals surface area contributed by atoms with Crippen LogP contribution >= 0.6 is 11.3 Å². The molecule has 0 bridgehead atoms. The van der Waals surface area contributed by atoms with Gasteiger partial charge in [-0.2, -0.15) is 0 Å². The van der Waals surface area contributed by atoms with Crippen molar-refractivity contribution in [2.24, 2.45) is 0 Å². The Kier molecular flexibility index (Phi) is 6.54. The lowest BCUT2D eigenvalue weighted by atomic mass is 9.96. The first kappa shape index (κ1) is 23.4. The van der Waals surface area contributed by atoms with Crippen LogP contribution in [0.1, 0.15) is 40.8 Å². The highest BCUT2D eigenvalue weighted by atomic mass is 32.2. The highest BCUT2D eigenvalue weighted by molar-refractivity contribution is 7.92. The van der Waals surface area contributed by atoms with Crippen molar-refractivity contribution in [3.05, 3.63) is 79.8 Å². The quantitative estimate of drug-likeness (QED) is 0.360. The number of non-ortho nitro benzene ring substituents is 1. The number of sulfone groups is 1. The van der Waals surface area contributed by atoms with Gasteiger partial charge >= 0.3 is 0 Å². The van der Waals surface area contributed by atoms with E-state index in [1.165, 1.54) is 46.5 Å². The van der Waals surface area contributed by atoms with Crippen LogP contribution in [0.3, 0.4) is 0 Å². The van der Waals surface area contributed by atoms with Crippen LogP contribution in [0.25, 0.3) is 0 Å². The first-order valence-electron chi connectivity index (χ1n) is 10.9. The molecule has 0 atom stereocenters. The average Bonchev–Trinajstić information content (AvgIpc) is 3.25. The van der Waals surface area contributed by atoms with Gasteiger partial charge in [-0.05, 0) is 62.4 Å². The number of nitrogens with zero attached hydrogens (tertiary/aromatic N) is 3. The second-order valence-electron chi connectivity index (χ2n) is 8.66. The zero-order valence-electron chi connectivity index (χ0n) is 18.9. The van der Waals surface area contributed by atoms with Gasteiger partial charge in [0.2, 0.25) is 0 Å². The van der Waals surface area contributed by atoms with Crippen LogP contribution in [0.2, 0.25) is 0 Å². The fourth-order valence-corrected chi connectivity index (χ4v) is 7.11. The monoisotopic (exact) mass is 485 g/mol. The van der Waals surface area contributed by atoms with E-state index in [1.807, 2.05) is 0 Å². The van der Waals surface area contributed by atoms with E-state index in [4.69, 9.17) is 4.98 Å². The summed E-state index contributed by atoms with van der Waals surface area (Å²) < 4.78 is 26.0. The molecule has 2 aromatic carbocycles. The molecule has 0 spiro atoms. The molecule has 1 aliphatic heterocycles. The van der Waals surface area contributed by atoms with Gasteiger partial charge in [0.05, 0.1) is 20.8 Å². The van der Waals surface area contributed by atoms with Crippen LogP contribution < -0.4 is 4.90 Å². The Bertz CT molecular complexity index is 1250. The largest absolute Gasteiger partial charge is 0.348 e. The van der Waals surface area contributed by atoms with Crippen molar-refractivity contribution in [1.29, 1.82) is 0 Å². The highest BCUT2D eigenvalue weighted by Crippen LogP contribution is 2.30. The minimum absolute atomic E-state index is 0.112. The maximum atomic E-state index is 13.0. The van der Waals surface area contributed by atoms with E-state index >= 15 is 0 Å². The normalized spacial score (nSPS) is 15.1. The average molecular weight is 486 g/mol. The number of hydrogen-bond acceptors (Lipinski definition) is 7. The third kappa shape index (κ3) is 4.94. The summed E-state index contributed by atoms with van der Waals surface area (Å²) in [7, 11) is -3.52. The Morgan fingerprint density at radius 3 is 2.27 bits per heavy atom. The van der Waals surface area contributed by atoms with E-state index in [0.717, 1.165) is 17.2 Å². The van der Waals surface area contributed by atoms with E-state index in [-0.39, 0.29) is 10.6 Å². The molecule has 4 rings (SSSR count). The number of thiazole rings is 1. The molecule has 9 heteroatoms. The number of rotatable bonds is 6. The fourth-order valence-electron chi connectivity index (χ4n) is 4.50. The summed E-state index contributed by atoms with van der Waals surface area (Å²) in [6.45, 7) is 7.62. The maximum absolute atomic E-state index is 13.0. The fraction of sp³-hybridized carbons (Fsp3) is 0.375. The minimum Gasteiger partial charge on any atom is -0.348 e. The molecule has 0 amide bonds. The molecule has 2 heterocycles. The molecule has 33 heavy (non-hydrogen) atoms. The first-order chi connectivity index (χ1) is 15.6. The predicted molar refractivity (Wildman–Crippen MR) is 131 cm³/mol. The van der Waals surface area contributed by atoms with E-state index in [0.29, 0.717) is 25.9 Å². The van der Waals surface area contributed by atoms with Crippen molar-refractivity contribution in [3.8, 4) is 0 Å². The summed E-state index contributed by atoms with van der Waals surface area (Å²) in [4.78, 5) is 17.4. The summed E-state index contributed by atoms with van der Waals surface area (Å²) in [5, 5.41) is 13.4. The van der Waals surface area contributed by atoms with Crippen LogP contribution in [0.15, 0.2) is 46.7 Å². The zero-order chi connectivity index (χ0) is 23.8. The topological polar surface area (TPSA) is 93.4 Å². The molecule has 0 N–H and O–H groups in total. The second kappa shape index (κ2) is 9.23. The predicted octanol–water partition coefficient (Wildman–Crippen LogP) is 5.01. The number of anilines is 1. The van der Waals surface area contributed by atoms with Crippen LogP contribution in [0, 0.1) is 30.9 Å². The molecule has 1 aromatic heterocycles. The Morgan fingerprint density at radius 1 is 1.09 bits per heavy atom. The molecule has 0 radical (unpaired) electrons. The van der Waals surface area contributed by atoms with Crippen LogP contribution in [0.5, 0.6) is 0 Å². The van der Waals surface area contributed by atoms with E-state index in [1.54, 1.807) is 11.3 Å². The molecule has 0 saturated carbocycles. The van der Waals surface area contributed by atoms with Gasteiger partial charge in [0.25, 0.3) is 5.69 Å². The third-order valence-corrected chi connectivity index (χ3v) is 9.49. The lowest BCUT2D eigenvalue weighted by Gasteiger charge is -2.31. The van der Waals surface area contributed by atoms with Gasteiger partial charge in [-0.1, -0.05) is 17.7 Å². The van der Waals surface area contributed by atoms with Gasteiger partial charge in [0, 0.05) is 37.0 Å². The lowest BCUT2D eigenvalue weighted by molar-refractivity contribution is -0.384.